The Balaban J connectivity index is 1.65. The van der Waals surface area contributed by atoms with Crippen molar-refractivity contribution >= 4 is 17.6 Å². The maximum absolute atomic E-state index is 12.1. The lowest BCUT2D eigenvalue weighted by molar-refractivity contribution is 0.0734. The summed E-state index contributed by atoms with van der Waals surface area (Å²) in [6.45, 7) is 0. The van der Waals surface area contributed by atoms with Gasteiger partial charge in [-0.15, -0.1) is 0 Å². The van der Waals surface area contributed by atoms with Crippen molar-refractivity contribution in [3.8, 4) is 5.75 Å². The number of carbonyl (C=O) groups is 2. The maximum Gasteiger partial charge on any atom is 0.343 e. The minimum absolute atomic E-state index is 0.199. The van der Waals surface area contributed by atoms with E-state index >= 15 is 0 Å². The lowest BCUT2D eigenvalue weighted by Gasteiger charge is -2.07. The van der Waals surface area contributed by atoms with E-state index in [9.17, 15) is 9.59 Å². The standard InChI is InChI=1S/C20H15NO3/c22-19(15-7-3-1-4-8-15)21-17-13-11-16(12-14-17)20(23)24-18-9-5-2-6-10-18/h1-14H,(H,21,22). The molecule has 0 unspecified atom stereocenters. The molecule has 118 valence electrons. The highest BCUT2D eigenvalue weighted by atomic mass is 16.5. The molecule has 0 fully saturated rings. The summed E-state index contributed by atoms with van der Waals surface area (Å²) < 4.78 is 5.26. The second kappa shape index (κ2) is 7.24. The molecular formula is C20H15NO3. The van der Waals surface area contributed by atoms with E-state index in [0.29, 0.717) is 22.6 Å². The van der Waals surface area contributed by atoms with Crippen LogP contribution in [0.25, 0.3) is 0 Å². The zero-order valence-corrected chi connectivity index (χ0v) is 12.8. The molecule has 3 aromatic carbocycles. The molecule has 3 rings (SSSR count). The number of rotatable bonds is 4. The van der Waals surface area contributed by atoms with E-state index in [4.69, 9.17) is 4.74 Å². The van der Waals surface area contributed by atoms with Crippen LogP contribution in [0.4, 0.5) is 5.69 Å². The van der Waals surface area contributed by atoms with Crippen molar-refractivity contribution in [3.05, 3.63) is 96.1 Å². The second-order valence-electron chi connectivity index (χ2n) is 5.10. The van der Waals surface area contributed by atoms with Gasteiger partial charge in [0.1, 0.15) is 5.75 Å². The van der Waals surface area contributed by atoms with Gasteiger partial charge in [0.2, 0.25) is 0 Å². The molecule has 0 aliphatic rings. The Labute approximate surface area is 139 Å². The number of hydrogen-bond acceptors (Lipinski definition) is 3. The van der Waals surface area contributed by atoms with Gasteiger partial charge in [0.05, 0.1) is 5.56 Å². The second-order valence-corrected chi connectivity index (χ2v) is 5.10. The quantitative estimate of drug-likeness (QED) is 0.581. The summed E-state index contributed by atoms with van der Waals surface area (Å²) in [6, 6.07) is 24.4. The topological polar surface area (TPSA) is 55.4 Å². The normalized spacial score (nSPS) is 10.0. The zero-order valence-electron chi connectivity index (χ0n) is 12.8. The highest BCUT2D eigenvalue weighted by molar-refractivity contribution is 6.04. The van der Waals surface area contributed by atoms with Crippen LogP contribution in [-0.2, 0) is 0 Å². The number of para-hydroxylation sites is 1. The summed E-state index contributed by atoms with van der Waals surface area (Å²) in [5.74, 6) is -0.152. The average molecular weight is 317 g/mol. The van der Waals surface area contributed by atoms with Crippen LogP contribution in [0.3, 0.4) is 0 Å². The molecule has 0 aliphatic heterocycles. The average Bonchev–Trinajstić information content (AvgIpc) is 2.64. The van der Waals surface area contributed by atoms with E-state index < -0.39 is 5.97 Å². The Bertz CT molecular complexity index is 828. The minimum Gasteiger partial charge on any atom is -0.423 e. The van der Waals surface area contributed by atoms with E-state index in [1.165, 1.54) is 0 Å². The van der Waals surface area contributed by atoms with Gasteiger partial charge < -0.3 is 10.1 Å². The predicted octanol–water partition coefficient (Wildman–Crippen LogP) is 4.16. The van der Waals surface area contributed by atoms with E-state index in [2.05, 4.69) is 5.32 Å². The summed E-state index contributed by atoms with van der Waals surface area (Å²) in [5, 5.41) is 2.78. The van der Waals surface area contributed by atoms with Crippen LogP contribution in [0.2, 0.25) is 0 Å². The molecule has 0 radical (unpaired) electrons. The molecule has 0 atom stereocenters. The predicted molar refractivity (Wildman–Crippen MR) is 92.2 cm³/mol. The molecular weight excluding hydrogens is 302 g/mol. The molecule has 4 heteroatoms. The smallest absolute Gasteiger partial charge is 0.343 e. The van der Waals surface area contributed by atoms with Gasteiger partial charge in [-0.3, -0.25) is 4.79 Å². The summed E-state index contributed by atoms with van der Waals surface area (Å²) in [7, 11) is 0. The van der Waals surface area contributed by atoms with Gasteiger partial charge in [-0.25, -0.2) is 4.79 Å². The maximum atomic E-state index is 12.1. The minimum atomic E-state index is -0.442. The van der Waals surface area contributed by atoms with E-state index in [-0.39, 0.29) is 5.91 Å². The van der Waals surface area contributed by atoms with Crippen LogP contribution < -0.4 is 10.1 Å². The van der Waals surface area contributed by atoms with Crippen molar-refractivity contribution in [1.29, 1.82) is 0 Å². The van der Waals surface area contributed by atoms with Crippen LogP contribution in [-0.4, -0.2) is 11.9 Å². The first kappa shape index (κ1) is 15.5. The van der Waals surface area contributed by atoms with Gasteiger partial charge in [-0.2, -0.15) is 0 Å². The number of nitrogens with one attached hydrogen (secondary N) is 1. The molecule has 24 heavy (non-hydrogen) atoms. The van der Waals surface area contributed by atoms with Crippen molar-refractivity contribution in [2.24, 2.45) is 0 Å². The van der Waals surface area contributed by atoms with E-state index in [0.717, 1.165) is 0 Å². The molecule has 0 aliphatic carbocycles. The van der Waals surface area contributed by atoms with Crippen molar-refractivity contribution in [3.63, 3.8) is 0 Å². The molecule has 0 bridgehead atoms. The molecule has 4 nitrogen and oxygen atoms in total. The number of carbonyl (C=O) groups excluding carboxylic acids is 2. The Morgan fingerprint density at radius 2 is 1.25 bits per heavy atom. The molecule has 0 saturated carbocycles. The van der Waals surface area contributed by atoms with Gasteiger partial charge in [0.15, 0.2) is 0 Å². The van der Waals surface area contributed by atoms with Gasteiger partial charge >= 0.3 is 5.97 Å². The number of benzene rings is 3. The lowest BCUT2D eigenvalue weighted by atomic mass is 10.2. The fourth-order valence-corrected chi connectivity index (χ4v) is 2.14. The van der Waals surface area contributed by atoms with Gasteiger partial charge in [-0.05, 0) is 48.5 Å². The van der Waals surface area contributed by atoms with Crippen LogP contribution >= 0.6 is 0 Å². The first-order chi connectivity index (χ1) is 11.7. The fraction of sp³-hybridized carbons (Fsp3) is 0. The Kier molecular flexibility index (Phi) is 4.68. The first-order valence-electron chi connectivity index (χ1n) is 7.46. The van der Waals surface area contributed by atoms with E-state index in [1.807, 2.05) is 12.1 Å². The summed E-state index contributed by atoms with van der Waals surface area (Å²) in [5.41, 5.74) is 1.60. The molecule has 1 amide bonds. The van der Waals surface area contributed by atoms with Gasteiger partial charge in [0, 0.05) is 11.3 Å². The summed E-state index contributed by atoms with van der Waals surface area (Å²) >= 11 is 0. The molecule has 0 aromatic heterocycles. The number of amides is 1. The SMILES string of the molecule is O=C(Nc1ccc(C(=O)Oc2ccccc2)cc1)c1ccccc1. The highest BCUT2D eigenvalue weighted by Crippen LogP contribution is 2.15. The third-order valence-corrected chi connectivity index (χ3v) is 3.37. The summed E-state index contributed by atoms with van der Waals surface area (Å²) in [4.78, 5) is 24.1. The molecule has 0 spiro atoms. The van der Waals surface area contributed by atoms with Crippen LogP contribution in [0.5, 0.6) is 5.75 Å². The van der Waals surface area contributed by atoms with Gasteiger partial charge in [0.25, 0.3) is 5.91 Å². The van der Waals surface area contributed by atoms with Crippen molar-refractivity contribution in [1.82, 2.24) is 0 Å². The zero-order chi connectivity index (χ0) is 16.8. The Morgan fingerprint density at radius 1 is 0.667 bits per heavy atom. The molecule has 1 N–H and O–H groups in total. The Hall–Kier alpha value is -3.40. The largest absolute Gasteiger partial charge is 0.423 e. The van der Waals surface area contributed by atoms with Crippen molar-refractivity contribution < 1.29 is 14.3 Å². The van der Waals surface area contributed by atoms with Gasteiger partial charge in [-0.1, -0.05) is 36.4 Å². The lowest BCUT2D eigenvalue weighted by Crippen LogP contribution is -2.12. The monoisotopic (exact) mass is 317 g/mol. The molecule has 3 aromatic rings. The third kappa shape index (κ3) is 3.87. The van der Waals surface area contributed by atoms with Crippen LogP contribution in [0.1, 0.15) is 20.7 Å². The number of esters is 1. The van der Waals surface area contributed by atoms with E-state index in [1.54, 1.807) is 72.8 Å². The fourth-order valence-electron chi connectivity index (χ4n) is 2.14. The number of hydrogen-bond donors (Lipinski definition) is 1. The number of ether oxygens (including phenoxy) is 1. The van der Waals surface area contributed by atoms with Crippen molar-refractivity contribution in [2.75, 3.05) is 5.32 Å². The first-order valence-corrected chi connectivity index (χ1v) is 7.46. The summed E-state index contributed by atoms with van der Waals surface area (Å²) in [6.07, 6.45) is 0. The van der Waals surface area contributed by atoms with Crippen molar-refractivity contribution in [2.45, 2.75) is 0 Å². The third-order valence-electron chi connectivity index (χ3n) is 3.37. The highest BCUT2D eigenvalue weighted by Gasteiger charge is 2.09. The molecule has 0 heterocycles. The Morgan fingerprint density at radius 3 is 1.88 bits per heavy atom. The van der Waals surface area contributed by atoms with Crippen LogP contribution in [0.15, 0.2) is 84.9 Å². The van der Waals surface area contributed by atoms with Crippen LogP contribution in [0, 0.1) is 0 Å². The molecule has 0 saturated heterocycles. The number of anilines is 1.